The van der Waals surface area contributed by atoms with Gasteiger partial charge in [-0.15, -0.1) is 5.10 Å². The summed E-state index contributed by atoms with van der Waals surface area (Å²) in [7, 11) is 0. The van der Waals surface area contributed by atoms with Crippen molar-refractivity contribution in [1.82, 2.24) is 30.1 Å². The van der Waals surface area contributed by atoms with Gasteiger partial charge < -0.3 is 14.1 Å². The normalized spacial score (nSPS) is 12.8. The third-order valence-electron chi connectivity index (χ3n) is 7.42. The van der Waals surface area contributed by atoms with Crippen LogP contribution in [0.15, 0.2) is 76.1 Å². The fourth-order valence-corrected chi connectivity index (χ4v) is 4.92. The molecule has 5 aromatic rings. The zero-order valence-electron chi connectivity index (χ0n) is 23.7. The molecule has 0 fully saturated rings. The summed E-state index contributed by atoms with van der Waals surface area (Å²) in [6.07, 6.45) is 2.47. The summed E-state index contributed by atoms with van der Waals surface area (Å²) in [4.78, 5) is 19.0. The Morgan fingerprint density at radius 2 is 1.88 bits per heavy atom. The van der Waals surface area contributed by atoms with Gasteiger partial charge in [0, 0.05) is 17.6 Å². The number of H-pyrrole nitrogens is 1. The molecule has 9 heteroatoms. The van der Waals surface area contributed by atoms with Gasteiger partial charge >= 0.3 is 0 Å². The minimum Gasteiger partial charge on any atom is -0.494 e. The van der Waals surface area contributed by atoms with Gasteiger partial charge in [-0.2, -0.15) is 0 Å². The van der Waals surface area contributed by atoms with Crippen LogP contribution in [0.2, 0.25) is 0 Å². The lowest BCUT2D eigenvalue weighted by molar-refractivity contribution is 0.168. The Morgan fingerprint density at radius 1 is 1.07 bits per heavy atom. The molecule has 2 aromatic carbocycles. The van der Waals surface area contributed by atoms with Crippen molar-refractivity contribution >= 4 is 10.9 Å². The number of furan rings is 1. The highest BCUT2D eigenvalue weighted by molar-refractivity contribution is 5.79. The van der Waals surface area contributed by atoms with Gasteiger partial charge in [0.2, 0.25) is 0 Å². The number of rotatable bonds is 11. The fraction of sp³-hybridized carbons (Fsp3) is 0.355. The van der Waals surface area contributed by atoms with Crippen molar-refractivity contribution in [2.75, 3.05) is 6.61 Å². The second kappa shape index (κ2) is 11.5. The predicted molar refractivity (Wildman–Crippen MR) is 154 cm³/mol. The van der Waals surface area contributed by atoms with Gasteiger partial charge in [-0.3, -0.25) is 9.69 Å². The molecule has 0 saturated carbocycles. The molecular formula is C31H36N6O3. The van der Waals surface area contributed by atoms with E-state index in [1.54, 1.807) is 6.26 Å². The first-order valence-electron chi connectivity index (χ1n) is 13.7. The molecular weight excluding hydrogens is 504 g/mol. The van der Waals surface area contributed by atoms with Crippen LogP contribution in [-0.4, -0.2) is 36.7 Å². The Kier molecular flexibility index (Phi) is 7.84. The number of tetrazole rings is 1. The van der Waals surface area contributed by atoms with Crippen molar-refractivity contribution < 1.29 is 9.15 Å². The van der Waals surface area contributed by atoms with Crippen molar-refractivity contribution in [2.45, 2.75) is 65.7 Å². The summed E-state index contributed by atoms with van der Waals surface area (Å²) in [5.74, 6) is 2.19. The van der Waals surface area contributed by atoms with Crippen LogP contribution in [0.1, 0.15) is 68.4 Å². The first-order valence-corrected chi connectivity index (χ1v) is 13.7. The third kappa shape index (κ3) is 5.70. The molecule has 40 heavy (non-hydrogen) atoms. The van der Waals surface area contributed by atoms with Gasteiger partial charge in [0.25, 0.3) is 5.56 Å². The summed E-state index contributed by atoms with van der Waals surface area (Å²) in [5, 5.41) is 14.0. The van der Waals surface area contributed by atoms with E-state index in [4.69, 9.17) is 9.15 Å². The van der Waals surface area contributed by atoms with E-state index in [2.05, 4.69) is 52.2 Å². The van der Waals surface area contributed by atoms with Gasteiger partial charge in [0.15, 0.2) is 5.82 Å². The zero-order chi connectivity index (χ0) is 28.3. The highest BCUT2D eigenvalue weighted by atomic mass is 16.5. The van der Waals surface area contributed by atoms with E-state index in [9.17, 15) is 4.79 Å². The molecule has 0 spiro atoms. The van der Waals surface area contributed by atoms with Crippen LogP contribution in [0.4, 0.5) is 0 Å². The lowest BCUT2D eigenvalue weighted by Gasteiger charge is -2.33. The third-order valence-corrected chi connectivity index (χ3v) is 7.42. The van der Waals surface area contributed by atoms with Gasteiger partial charge in [-0.05, 0) is 98.0 Å². The van der Waals surface area contributed by atoms with Crippen LogP contribution in [0, 0.1) is 6.92 Å². The molecule has 0 aliphatic carbocycles. The number of ether oxygens (including phenoxy) is 1. The molecule has 3 aromatic heterocycles. The number of nitrogens with one attached hydrogen (secondary N) is 1. The Morgan fingerprint density at radius 3 is 2.58 bits per heavy atom. The van der Waals surface area contributed by atoms with E-state index in [0.29, 0.717) is 31.1 Å². The summed E-state index contributed by atoms with van der Waals surface area (Å²) in [6.45, 7) is 11.9. The quantitative estimate of drug-likeness (QED) is 0.228. The van der Waals surface area contributed by atoms with E-state index >= 15 is 0 Å². The molecule has 3 heterocycles. The standard InChI is InChI=1S/C31H36N6O3/c1-6-31(4,5)37-29(33-34-35-37)28(26-18-23-17-21(3)10-15-27(23)32-30(26)38)36(20-25-9-8-16-40-25)19-22-11-13-24(14-12-22)39-7-2/h8-18,28H,6-7,19-20H2,1-5H3,(H,32,38)/t28-/m0/s1. The number of aromatic amines is 1. The molecule has 5 rings (SSSR count). The number of aromatic nitrogens is 5. The van der Waals surface area contributed by atoms with Crippen LogP contribution in [0.5, 0.6) is 5.75 Å². The first kappa shape index (κ1) is 27.3. The molecule has 0 saturated heterocycles. The lowest BCUT2D eigenvalue weighted by atomic mass is 9.98. The Hall–Kier alpha value is -4.24. The zero-order valence-corrected chi connectivity index (χ0v) is 23.7. The number of pyridine rings is 1. The van der Waals surface area contributed by atoms with E-state index in [0.717, 1.165) is 40.0 Å². The van der Waals surface area contributed by atoms with Gasteiger partial charge in [-0.25, -0.2) is 4.68 Å². The molecule has 0 bridgehead atoms. The molecule has 0 unspecified atom stereocenters. The second-order valence-corrected chi connectivity index (χ2v) is 10.7. The Bertz CT molecular complexity index is 1620. The average Bonchev–Trinajstić information content (AvgIpc) is 3.64. The number of nitrogens with zero attached hydrogens (tertiary/aromatic N) is 5. The van der Waals surface area contributed by atoms with E-state index in [-0.39, 0.29) is 11.1 Å². The summed E-state index contributed by atoms with van der Waals surface area (Å²) < 4.78 is 13.3. The van der Waals surface area contributed by atoms with Crippen molar-refractivity contribution in [1.29, 1.82) is 0 Å². The van der Waals surface area contributed by atoms with Gasteiger partial charge in [0.1, 0.15) is 17.6 Å². The molecule has 0 amide bonds. The Labute approximate surface area is 233 Å². The summed E-state index contributed by atoms with van der Waals surface area (Å²) in [5.41, 5.74) is 2.98. The predicted octanol–water partition coefficient (Wildman–Crippen LogP) is 5.75. The molecule has 1 N–H and O–H groups in total. The first-order chi connectivity index (χ1) is 19.3. The molecule has 0 radical (unpaired) electrons. The highest BCUT2D eigenvalue weighted by Crippen LogP contribution is 2.33. The topological polar surface area (TPSA) is 102 Å². The van der Waals surface area contributed by atoms with Crippen molar-refractivity contribution in [3.05, 3.63) is 106 Å². The SMILES string of the molecule is CCOc1ccc(CN(Cc2ccco2)[C@@H](c2cc3cc(C)ccc3[nH]c2=O)c2nnnn2C(C)(C)CC)cc1. The summed E-state index contributed by atoms with van der Waals surface area (Å²) in [6, 6.07) is 19.3. The van der Waals surface area contributed by atoms with Crippen LogP contribution < -0.4 is 10.3 Å². The number of hydrogen-bond donors (Lipinski definition) is 1. The minimum atomic E-state index is -0.564. The van der Waals surface area contributed by atoms with Crippen molar-refractivity contribution in [3.8, 4) is 5.75 Å². The van der Waals surface area contributed by atoms with Crippen LogP contribution >= 0.6 is 0 Å². The van der Waals surface area contributed by atoms with Crippen LogP contribution in [0.25, 0.3) is 10.9 Å². The maximum absolute atomic E-state index is 13.8. The van der Waals surface area contributed by atoms with Crippen molar-refractivity contribution in [2.24, 2.45) is 0 Å². The largest absolute Gasteiger partial charge is 0.494 e. The number of fused-ring (bicyclic) bond motifs is 1. The van der Waals surface area contributed by atoms with Gasteiger partial charge in [-0.1, -0.05) is 30.7 Å². The van der Waals surface area contributed by atoms with E-state index in [1.807, 2.05) is 73.1 Å². The summed E-state index contributed by atoms with van der Waals surface area (Å²) >= 11 is 0. The number of hydrogen-bond acceptors (Lipinski definition) is 7. The van der Waals surface area contributed by atoms with E-state index < -0.39 is 6.04 Å². The number of benzene rings is 2. The average molecular weight is 541 g/mol. The fourth-order valence-electron chi connectivity index (χ4n) is 4.92. The van der Waals surface area contributed by atoms with Crippen LogP contribution in [0.3, 0.4) is 0 Å². The second-order valence-electron chi connectivity index (χ2n) is 10.7. The molecule has 0 aliphatic heterocycles. The smallest absolute Gasteiger partial charge is 0.253 e. The van der Waals surface area contributed by atoms with Crippen molar-refractivity contribution in [3.63, 3.8) is 0 Å². The molecule has 0 aliphatic rings. The van der Waals surface area contributed by atoms with E-state index in [1.165, 1.54) is 0 Å². The monoisotopic (exact) mass is 540 g/mol. The maximum atomic E-state index is 13.8. The van der Waals surface area contributed by atoms with Crippen LogP contribution in [-0.2, 0) is 18.6 Å². The molecule has 208 valence electrons. The highest BCUT2D eigenvalue weighted by Gasteiger charge is 2.35. The minimum absolute atomic E-state index is 0.179. The van der Waals surface area contributed by atoms with Gasteiger partial charge in [0.05, 0.1) is 25.0 Å². The Balaban J connectivity index is 1.69. The molecule has 9 nitrogen and oxygen atoms in total. The molecule has 1 atom stereocenters. The lowest BCUT2D eigenvalue weighted by Crippen LogP contribution is -2.38. The maximum Gasteiger partial charge on any atom is 0.253 e. The number of aryl methyl sites for hydroxylation is 1.